The number of nitrogens with one attached hydrogen (secondary N) is 2. The van der Waals surface area contributed by atoms with Crippen molar-refractivity contribution in [1.82, 2.24) is 20.4 Å². The first-order chi connectivity index (χ1) is 17.5. The second-order valence-corrected chi connectivity index (χ2v) is 9.27. The highest BCUT2D eigenvalue weighted by atomic mass is 19.1. The first-order valence-electron chi connectivity index (χ1n) is 12.2. The number of hydrogen-bond acceptors (Lipinski definition) is 5. The summed E-state index contributed by atoms with van der Waals surface area (Å²) in [6.07, 6.45) is 3.88. The Kier molecular flexibility index (Phi) is 8.73. The standard InChI is InChI=1S/C27H33F3N4O3/c1-6-7-15(2)33-13-19(8-9-24(35)31-5)34-14-21(16(3)26(36)25(34)27(33)37)17(4)32-12-20-22(29)10-18(28)11-23(20)30/h10-11,14-15,19,32,36H,3-4,6-9,12-13H2,1-2,5H3,(H,31,35). The Morgan fingerprint density at radius 1 is 1.27 bits per heavy atom. The lowest BCUT2D eigenvalue weighted by Gasteiger charge is -2.46. The van der Waals surface area contributed by atoms with E-state index < -0.39 is 17.5 Å². The maximum absolute atomic E-state index is 14.1. The first-order valence-corrected chi connectivity index (χ1v) is 12.2. The number of carbonyl (C=O) groups is 2. The van der Waals surface area contributed by atoms with Gasteiger partial charge in [-0.05, 0) is 19.8 Å². The topological polar surface area (TPSA) is 84.9 Å². The van der Waals surface area contributed by atoms with Gasteiger partial charge in [-0.1, -0.05) is 26.5 Å². The fourth-order valence-electron chi connectivity index (χ4n) is 4.61. The number of allylic oxidation sites excluding steroid dienone is 2. The number of carbonyl (C=O) groups excluding carboxylic acids is 2. The van der Waals surface area contributed by atoms with E-state index in [0.717, 1.165) is 12.8 Å². The van der Waals surface area contributed by atoms with Crippen LogP contribution in [0.2, 0.25) is 0 Å². The smallest absolute Gasteiger partial charge is 0.274 e. The molecule has 0 radical (unpaired) electrons. The third-order valence-corrected chi connectivity index (χ3v) is 6.76. The van der Waals surface area contributed by atoms with Crippen molar-refractivity contribution in [2.24, 2.45) is 0 Å². The summed E-state index contributed by atoms with van der Waals surface area (Å²) in [4.78, 5) is 28.7. The molecule has 2 unspecified atom stereocenters. The number of piperazine rings is 1. The van der Waals surface area contributed by atoms with Crippen molar-refractivity contribution in [1.29, 1.82) is 0 Å². The molecule has 0 aromatic heterocycles. The van der Waals surface area contributed by atoms with Crippen LogP contribution in [0.5, 0.6) is 0 Å². The van der Waals surface area contributed by atoms with Crippen LogP contribution in [0.15, 0.2) is 59.8 Å². The van der Waals surface area contributed by atoms with E-state index in [1.54, 1.807) is 23.0 Å². The van der Waals surface area contributed by atoms with Gasteiger partial charge in [-0.25, -0.2) is 13.2 Å². The highest BCUT2D eigenvalue weighted by molar-refractivity contribution is 5.96. The summed E-state index contributed by atoms with van der Waals surface area (Å²) in [6.45, 7) is 11.8. The zero-order chi connectivity index (χ0) is 27.4. The van der Waals surface area contributed by atoms with Crippen LogP contribution in [-0.4, -0.2) is 52.4 Å². The van der Waals surface area contributed by atoms with Crippen LogP contribution < -0.4 is 10.6 Å². The number of benzene rings is 1. The molecule has 1 aromatic carbocycles. The summed E-state index contributed by atoms with van der Waals surface area (Å²) in [7, 11) is 1.55. The van der Waals surface area contributed by atoms with Gasteiger partial charge in [0.2, 0.25) is 5.91 Å². The van der Waals surface area contributed by atoms with E-state index >= 15 is 0 Å². The third kappa shape index (κ3) is 5.84. The van der Waals surface area contributed by atoms with E-state index in [9.17, 15) is 27.9 Å². The average molecular weight is 519 g/mol. The Labute approximate surface area is 215 Å². The minimum atomic E-state index is -1.04. The molecular formula is C27H33F3N4O3. The molecule has 2 heterocycles. The van der Waals surface area contributed by atoms with Crippen LogP contribution >= 0.6 is 0 Å². The molecule has 0 saturated carbocycles. The molecule has 200 valence electrons. The van der Waals surface area contributed by atoms with Gasteiger partial charge in [0.15, 0.2) is 11.5 Å². The normalized spacial score (nSPS) is 18.4. The number of aliphatic hydroxyl groups is 1. The lowest BCUT2D eigenvalue weighted by molar-refractivity contribution is -0.135. The Morgan fingerprint density at radius 3 is 2.51 bits per heavy atom. The fraction of sp³-hybridized carbons (Fsp3) is 0.407. The number of fused-ring (bicyclic) bond motifs is 1. The largest absolute Gasteiger partial charge is 0.505 e. The molecule has 1 saturated heterocycles. The quantitative estimate of drug-likeness (QED) is 0.433. The Morgan fingerprint density at radius 2 is 1.92 bits per heavy atom. The van der Waals surface area contributed by atoms with Crippen LogP contribution in [0, 0.1) is 17.5 Å². The number of hydrogen-bond donors (Lipinski definition) is 3. The summed E-state index contributed by atoms with van der Waals surface area (Å²) in [6, 6.07) is 0.779. The van der Waals surface area contributed by atoms with Crippen molar-refractivity contribution in [3.05, 3.63) is 82.8 Å². The minimum absolute atomic E-state index is 0.0632. The van der Waals surface area contributed by atoms with Crippen LogP contribution in [0.1, 0.15) is 45.1 Å². The van der Waals surface area contributed by atoms with Crippen molar-refractivity contribution in [2.45, 2.75) is 58.2 Å². The van der Waals surface area contributed by atoms with Gasteiger partial charge in [0.1, 0.15) is 17.5 Å². The first kappa shape index (κ1) is 27.9. The van der Waals surface area contributed by atoms with Crippen LogP contribution in [0.4, 0.5) is 13.2 Å². The van der Waals surface area contributed by atoms with E-state index in [2.05, 4.69) is 23.8 Å². The summed E-state index contributed by atoms with van der Waals surface area (Å²) < 4.78 is 41.4. The van der Waals surface area contributed by atoms with E-state index in [4.69, 9.17) is 0 Å². The molecule has 0 aliphatic carbocycles. The molecule has 37 heavy (non-hydrogen) atoms. The van der Waals surface area contributed by atoms with Gasteiger partial charge in [0.25, 0.3) is 5.91 Å². The molecular weight excluding hydrogens is 485 g/mol. The number of amides is 2. The second kappa shape index (κ2) is 11.6. The van der Waals surface area contributed by atoms with E-state index in [1.165, 1.54) is 0 Å². The van der Waals surface area contributed by atoms with Gasteiger partial charge in [-0.15, -0.1) is 0 Å². The summed E-state index contributed by atoms with van der Waals surface area (Å²) in [5.41, 5.74) is 0.331. The molecule has 10 heteroatoms. The fourth-order valence-corrected chi connectivity index (χ4v) is 4.61. The monoisotopic (exact) mass is 518 g/mol. The molecule has 3 N–H and O–H groups in total. The van der Waals surface area contributed by atoms with Gasteiger partial charge < -0.3 is 25.5 Å². The highest BCUT2D eigenvalue weighted by Crippen LogP contribution is 2.37. The lowest BCUT2D eigenvalue weighted by Crippen LogP contribution is -2.56. The SMILES string of the molecule is C=C(NCc1c(F)cc(F)cc1F)C1=CN2C(=C(O)C1=C)C(=O)N(C(C)CCC)CC2CCC(=O)NC. The Hall–Kier alpha value is -3.69. The van der Waals surface area contributed by atoms with E-state index in [-0.39, 0.29) is 65.2 Å². The van der Waals surface area contributed by atoms with Gasteiger partial charge in [-0.2, -0.15) is 0 Å². The van der Waals surface area contributed by atoms with Gasteiger partial charge in [0, 0.05) is 73.3 Å². The van der Waals surface area contributed by atoms with Crippen molar-refractivity contribution >= 4 is 11.8 Å². The molecule has 7 nitrogen and oxygen atoms in total. The van der Waals surface area contributed by atoms with Crippen molar-refractivity contribution in [3.63, 3.8) is 0 Å². The number of nitrogens with zero attached hydrogens (tertiary/aromatic N) is 2. The lowest BCUT2D eigenvalue weighted by atomic mass is 9.93. The van der Waals surface area contributed by atoms with Gasteiger partial charge >= 0.3 is 0 Å². The molecule has 2 aliphatic rings. The molecule has 2 aliphatic heterocycles. The Balaban J connectivity index is 1.91. The molecule has 0 bridgehead atoms. The molecule has 1 fully saturated rings. The summed E-state index contributed by atoms with van der Waals surface area (Å²) in [5, 5.41) is 16.5. The highest BCUT2D eigenvalue weighted by Gasteiger charge is 2.42. The average Bonchev–Trinajstić information content (AvgIpc) is 2.84. The third-order valence-electron chi connectivity index (χ3n) is 6.76. The maximum Gasteiger partial charge on any atom is 0.274 e. The summed E-state index contributed by atoms with van der Waals surface area (Å²) >= 11 is 0. The number of halogens is 3. The van der Waals surface area contributed by atoms with Crippen LogP contribution in [-0.2, 0) is 16.1 Å². The van der Waals surface area contributed by atoms with Gasteiger partial charge in [0.05, 0.1) is 6.04 Å². The van der Waals surface area contributed by atoms with E-state index in [1.807, 2.05) is 13.8 Å². The van der Waals surface area contributed by atoms with E-state index in [0.29, 0.717) is 30.7 Å². The zero-order valence-electron chi connectivity index (χ0n) is 21.3. The molecule has 0 spiro atoms. The van der Waals surface area contributed by atoms with Crippen molar-refractivity contribution in [3.8, 4) is 0 Å². The van der Waals surface area contributed by atoms with Crippen molar-refractivity contribution in [2.75, 3.05) is 13.6 Å². The molecule has 2 atom stereocenters. The zero-order valence-corrected chi connectivity index (χ0v) is 21.3. The van der Waals surface area contributed by atoms with Gasteiger partial charge in [-0.3, -0.25) is 9.59 Å². The van der Waals surface area contributed by atoms with Crippen LogP contribution in [0.3, 0.4) is 0 Å². The maximum atomic E-state index is 14.1. The van der Waals surface area contributed by atoms with Crippen LogP contribution in [0.25, 0.3) is 0 Å². The predicted molar refractivity (Wildman–Crippen MR) is 134 cm³/mol. The minimum Gasteiger partial charge on any atom is -0.505 e. The molecule has 1 aromatic rings. The predicted octanol–water partition coefficient (Wildman–Crippen LogP) is 4.16. The second-order valence-electron chi connectivity index (χ2n) is 9.27. The summed E-state index contributed by atoms with van der Waals surface area (Å²) in [5.74, 6) is -3.95. The number of rotatable bonds is 10. The number of aliphatic hydroxyl groups excluding tert-OH is 1. The Bertz CT molecular complexity index is 1150. The molecule has 3 rings (SSSR count). The van der Waals surface area contributed by atoms with Crippen molar-refractivity contribution < 1.29 is 27.9 Å². The molecule has 2 amide bonds.